The largest absolute Gasteiger partial charge is 0.333 e. The van der Waals surface area contributed by atoms with Crippen molar-refractivity contribution in [3.63, 3.8) is 0 Å². The van der Waals surface area contributed by atoms with Gasteiger partial charge >= 0.3 is 0 Å². The van der Waals surface area contributed by atoms with Gasteiger partial charge in [-0.15, -0.1) is 0 Å². The molecule has 1 atom stereocenters. The summed E-state index contributed by atoms with van der Waals surface area (Å²) in [6.45, 7) is 4.10. The number of aromatic nitrogens is 1. The average Bonchev–Trinajstić information content (AvgIpc) is 2.38. The summed E-state index contributed by atoms with van der Waals surface area (Å²) in [4.78, 5) is 19.9. The van der Waals surface area contributed by atoms with Gasteiger partial charge in [-0.25, -0.2) is 15.2 Å². The van der Waals surface area contributed by atoms with Crippen molar-refractivity contribution in [1.82, 2.24) is 14.8 Å². The van der Waals surface area contributed by atoms with Crippen LogP contribution in [0.15, 0.2) is 12.3 Å². The van der Waals surface area contributed by atoms with Crippen molar-refractivity contribution in [2.24, 2.45) is 5.84 Å². The number of nitrogen functional groups attached to an aromatic ring is 1. The summed E-state index contributed by atoms with van der Waals surface area (Å²) in [7, 11) is 2.00. The molecule has 1 saturated heterocycles. The summed E-state index contributed by atoms with van der Waals surface area (Å²) in [5.41, 5.74) is 2.15. The fraction of sp³-hybridized carbons (Fsp3) is 0.500. The molecule has 19 heavy (non-hydrogen) atoms. The summed E-state index contributed by atoms with van der Waals surface area (Å²) in [6, 6.07) is 1.43. The zero-order valence-electron chi connectivity index (χ0n) is 11.1. The summed E-state index contributed by atoms with van der Waals surface area (Å²) >= 11 is 0. The zero-order chi connectivity index (χ0) is 14.0. The highest BCUT2D eigenvalue weighted by Gasteiger charge is 2.28. The predicted molar refractivity (Wildman–Crippen MR) is 70.0 cm³/mol. The van der Waals surface area contributed by atoms with Crippen LogP contribution in [0.5, 0.6) is 0 Å². The first-order chi connectivity index (χ1) is 9.04. The van der Waals surface area contributed by atoms with E-state index in [-0.39, 0.29) is 23.3 Å². The van der Waals surface area contributed by atoms with Crippen molar-refractivity contribution in [3.05, 3.63) is 23.6 Å². The SMILES string of the molecule is CC1CN(C)CCN1C(=O)c1ccnc(NN)c1F. The Morgan fingerprint density at radius 2 is 2.32 bits per heavy atom. The quantitative estimate of drug-likeness (QED) is 0.595. The molecule has 1 aliphatic rings. The van der Waals surface area contributed by atoms with Crippen molar-refractivity contribution in [2.45, 2.75) is 13.0 Å². The minimum absolute atomic E-state index is 0.000599. The van der Waals surface area contributed by atoms with Crippen LogP contribution in [0, 0.1) is 5.82 Å². The Kier molecular flexibility index (Phi) is 3.96. The third-order valence-corrected chi connectivity index (χ3v) is 3.35. The number of hydrogen-bond donors (Lipinski definition) is 2. The molecular weight excluding hydrogens is 249 g/mol. The van der Waals surface area contributed by atoms with Gasteiger partial charge in [-0.1, -0.05) is 0 Å². The van der Waals surface area contributed by atoms with E-state index in [0.29, 0.717) is 6.54 Å². The van der Waals surface area contributed by atoms with E-state index in [1.807, 2.05) is 14.0 Å². The van der Waals surface area contributed by atoms with E-state index in [2.05, 4.69) is 15.3 Å². The predicted octanol–water partition coefficient (Wildman–Crippen LogP) is 0.282. The van der Waals surface area contributed by atoms with Gasteiger partial charge in [0.05, 0.1) is 5.56 Å². The fourth-order valence-corrected chi connectivity index (χ4v) is 2.31. The summed E-state index contributed by atoms with van der Waals surface area (Å²) in [5, 5.41) is 0. The molecule has 0 aromatic carbocycles. The van der Waals surface area contributed by atoms with Gasteiger partial charge in [0.1, 0.15) is 0 Å². The van der Waals surface area contributed by atoms with E-state index in [1.165, 1.54) is 12.3 Å². The number of nitrogens with zero attached hydrogens (tertiary/aromatic N) is 3. The van der Waals surface area contributed by atoms with Crippen LogP contribution in [-0.2, 0) is 0 Å². The van der Waals surface area contributed by atoms with Crippen LogP contribution in [0.4, 0.5) is 10.2 Å². The molecule has 104 valence electrons. The molecule has 1 aromatic rings. The Hall–Kier alpha value is -1.73. The molecule has 1 aliphatic heterocycles. The van der Waals surface area contributed by atoms with Crippen molar-refractivity contribution >= 4 is 11.7 Å². The van der Waals surface area contributed by atoms with Gasteiger partial charge in [-0.2, -0.15) is 0 Å². The molecule has 1 amide bonds. The van der Waals surface area contributed by atoms with Gasteiger partial charge in [-0.3, -0.25) is 4.79 Å². The number of hydrazine groups is 1. The third kappa shape index (κ3) is 2.66. The lowest BCUT2D eigenvalue weighted by molar-refractivity contribution is 0.0529. The van der Waals surface area contributed by atoms with Crippen LogP contribution in [0.3, 0.4) is 0 Å². The lowest BCUT2D eigenvalue weighted by atomic mass is 10.1. The van der Waals surface area contributed by atoms with Crippen LogP contribution in [0.2, 0.25) is 0 Å². The fourth-order valence-electron chi connectivity index (χ4n) is 2.31. The lowest BCUT2D eigenvalue weighted by Crippen LogP contribution is -2.52. The van der Waals surface area contributed by atoms with E-state index >= 15 is 0 Å². The second kappa shape index (κ2) is 5.50. The summed E-state index contributed by atoms with van der Waals surface area (Å²) < 4.78 is 14.0. The van der Waals surface area contributed by atoms with Gasteiger partial charge in [0.15, 0.2) is 11.6 Å². The van der Waals surface area contributed by atoms with Crippen molar-refractivity contribution in [3.8, 4) is 0 Å². The molecule has 7 heteroatoms. The van der Waals surface area contributed by atoms with E-state index in [4.69, 9.17) is 5.84 Å². The minimum atomic E-state index is -0.707. The van der Waals surface area contributed by atoms with Crippen LogP contribution in [0.25, 0.3) is 0 Å². The molecular formula is C12H18FN5O. The molecule has 1 fully saturated rings. The van der Waals surface area contributed by atoms with Gasteiger partial charge in [0, 0.05) is 31.9 Å². The van der Waals surface area contributed by atoms with E-state index in [9.17, 15) is 9.18 Å². The monoisotopic (exact) mass is 267 g/mol. The Labute approximate surface area is 111 Å². The van der Waals surface area contributed by atoms with Crippen LogP contribution in [0.1, 0.15) is 17.3 Å². The maximum atomic E-state index is 14.0. The number of rotatable bonds is 2. The average molecular weight is 267 g/mol. The number of anilines is 1. The number of carbonyl (C=O) groups is 1. The van der Waals surface area contributed by atoms with Crippen LogP contribution in [-0.4, -0.2) is 53.4 Å². The molecule has 6 nitrogen and oxygen atoms in total. The first-order valence-electron chi connectivity index (χ1n) is 6.15. The third-order valence-electron chi connectivity index (χ3n) is 3.35. The minimum Gasteiger partial charge on any atom is -0.333 e. The molecule has 3 N–H and O–H groups in total. The Bertz CT molecular complexity index is 481. The lowest BCUT2D eigenvalue weighted by Gasteiger charge is -2.38. The first-order valence-corrected chi connectivity index (χ1v) is 6.15. The number of carbonyl (C=O) groups excluding carboxylic acids is 1. The van der Waals surface area contributed by atoms with Crippen molar-refractivity contribution < 1.29 is 9.18 Å². The van der Waals surface area contributed by atoms with Gasteiger partial charge in [0.25, 0.3) is 5.91 Å². The van der Waals surface area contributed by atoms with E-state index < -0.39 is 5.82 Å². The molecule has 0 saturated carbocycles. The normalized spacial score (nSPS) is 20.4. The Balaban J connectivity index is 2.24. The number of amides is 1. The Morgan fingerprint density at radius 3 is 2.95 bits per heavy atom. The Morgan fingerprint density at radius 1 is 1.58 bits per heavy atom. The van der Waals surface area contributed by atoms with E-state index in [0.717, 1.165) is 13.1 Å². The highest BCUT2D eigenvalue weighted by atomic mass is 19.1. The standard InChI is InChI=1S/C12H18FN5O/c1-8-7-17(2)5-6-18(8)12(19)9-3-4-15-11(16-14)10(9)13/h3-4,8H,5-7,14H2,1-2H3,(H,15,16). The van der Waals surface area contributed by atoms with Gasteiger partial charge in [0.2, 0.25) is 0 Å². The number of hydrogen-bond acceptors (Lipinski definition) is 5. The molecule has 0 radical (unpaired) electrons. The number of halogens is 1. The number of piperazine rings is 1. The van der Waals surface area contributed by atoms with Crippen molar-refractivity contribution in [1.29, 1.82) is 0 Å². The molecule has 1 unspecified atom stereocenters. The molecule has 2 heterocycles. The number of nitrogens with one attached hydrogen (secondary N) is 1. The maximum absolute atomic E-state index is 14.0. The second-order valence-electron chi connectivity index (χ2n) is 4.78. The maximum Gasteiger partial charge on any atom is 0.257 e. The van der Waals surface area contributed by atoms with Gasteiger partial charge < -0.3 is 15.2 Å². The second-order valence-corrected chi connectivity index (χ2v) is 4.78. The number of likely N-dealkylation sites (N-methyl/N-ethyl adjacent to an activating group) is 1. The number of nitrogens with two attached hydrogens (primary N) is 1. The summed E-state index contributed by atoms with van der Waals surface area (Å²) in [5.74, 6) is 4.01. The van der Waals surface area contributed by atoms with Crippen LogP contribution < -0.4 is 11.3 Å². The number of pyridine rings is 1. The molecule has 0 spiro atoms. The van der Waals surface area contributed by atoms with Gasteiger partial charge in [-0.05, 0) is 20.0 Å². The van der Waals surface area contributed by atoms with Crippen LogP contribution >= 0.6 is 0 Å². The van der Waals surface area contributed by atoms with E-state index in [1.54, 1.807) is 4.90 Å². The molecule has 2 rings (SSSR count). The topological polar surface area (TPSA) is 74.5 Å². The molecule has 0 aliphatic carbocycles. The smallest absolute Gasteiger partial charge is 0.257 e. The molecule has 0 bridgehead atoms. The summed E-state index contributed by atoms with van der Waals surface area (Å²) in [6.07, 6.45) is 1.37. The highest BCUT2D eigenvalue weighted by Crippen LogP contribution is 2.18. The van der Waals surface area contributed by atoms with Crippen molar-refractivity contribution in [2.75, 3.05) is 32.1 Å². The highest BCUT2D eigenvalue weighted by molar-refractivity contribution is 5.95. The first kappa shape index (κ1) is 13.7. The molecule has 1 aromatic heterocycles. The zero-order valence-corrected chi connectivity index (χ0v) is 11.1.